The van der Waals surface area contributed by atoms with E-state index in [-0.39, 0.29) is 5.91 Å². The fourth-order valence-corrected chi connectivity index (χ4v) is 2.04. The van der Waals surface area contributed by atoms with Crippen molar-refractivity contribution in [2.24, 2.45) is 12.8 Å². The highest BCUT2D eigenvalue weighted by Gasteiger charge is 2.15. The van der Waals surface area contributed by atoms with Gasteiger partial charge in [-0.2, -0.15) is 5.10 Å². The van der Waals surface area contributed by atoms with Crippen molar-refractivity contribution < 1.29 is 4.79 Å². The molecular formula is C15H20N4O. The van der Waals surface area contributed by atoms with Crippen LogP contribution in [0.5, 0.6) is 0 Å². The van der Waals surface area contributed by atoms with Gasteiger partial charge in [-0.05, 0) is 25.3 Å². The first-order valence-corrected chi connectivity index (χ1v) is 6.67. The summed E-state index contributed by atoms with van der Waals surface area (Å²) in [6.07, 6.45) is 1.41. The SMILES string of the molecule is Cc1cc(NC(=O)[C@@H](N)CCc2ccccc2)n(C)n1. The first-order chi connectivity index (χ1) is 9.56. The van der Waals surface area contributed by atoms with Gasteiger partial charge < -0.3 is 11.1 Å². The molecule has 0 radical (unpaired) electrons. The molecule has 2 rings (SSSR count). The highest BCUT2D eigenvalue weighted by molar-refractivity contribution is 5.93. The zero-order valence-electron chi connectivity index (χ0n) is 11.8. The Morgan fingerprint density at radius 3 is 2.70 bits per heavy atom. The van der Waals surface area contributed by atoms with Gasteiger partial charge in [-0.25, -0.2) is 0 Å². The van der Waals surface area contributed by atoms with Crippen LogP contribution in [0.4, 0.5) is 5.82 Å². The van der Waals surface area contributed by atoms with Gasteiger partial charge in [0.1, 0.15) is 5.82 Å². The number of hydrogen-bond donors (Lipinski definition) is 2. The van der Waals surface area contributed by atoms with Gasteiger partial charge in [-0.3, -0.25) is 9.48 Å². The molecule has 1 aromatic carbocycles. The molecule has 0 unspecified atom stereocenters. The molecule has 0 fully saturated rings. The number of amides is 1. The van der Waals surface area contributed by atoms with Crippen LogP contribution in [-0.4, -0.2) is 21.7 Å². The largest absolute Gasteiger partial charge is 0.320 e. The lowest BCUT2D eigenvalue weighted by atomic mass is 10.1. The number of carbonyl (C=O) groups is 1. The summed E-state index contributed by atoms with van der Waals surface area (Å²) < 4.78 is 1.64. The summed E-state index contributed by atoms with van der Waals surface area (Å²) in [5, 5.41) is 6.98. The molecule has 20 heavy (non-hydrogen) atoms. The summed E-state index contributed by atoms with van der Waals surface area (Å²) in [7, 11) is 1.79. The van der Waals surface area contributed by atoms with E-state index < -0.39 is 6.04 Å². The van der Waals surface area contributed by atoms with Crippen LogP contribution in [0.2, 0.25) is 0 Å². The van der Waals surface area contributed by atoms with E-state index >= 15 is 0 Å². The number of nitrogens with two attached hydrogens (primary N) is 1. The molecule has 3 N–H and O–H groups in total. The van der Waals surface area contributed by atoms with Crippen LogP contribution in [0, 0.1) is 6.92 Å². The van der Waals surface area contributed by atoms with Crippen LogP contribution in [-0.2, 0) is 18.3 Å². The number of anilines is 1. The summed E-state index contributed by atoms with van der Waals surface area (Å²) >= 11 is 0. The minimum Gasteiger partial charge on any atom is -0.320 e. The predicted molar refractivity (Wildman–Crippen MR) is 79.3 cm³/mol. The number of hydrogen-bond acceptors (Lipinski definition) is 3. The smallest absolute Gasteiger partial charge is 0.242 e. The summed E-state index contributed by atoms with van der Waals surface area (Å²) in [6, 6.07) is 11.3. The molecule has 0 aliphatic heterocycles. The highest BCUT2D eigenvalue weighted by atomic mass is 16.2. The van der Waals surface area contributed by atoms with E-state index in [4.69, 9.17) is 5.73 Å². The van der Waals surface area contributed by atoms with Gasteiger partial charge in [0.25, 0.3) is 0 Å². The molecule has 1 aromatic heterocycles. The van der Waals surface area contributed by atoms with Gasteiger partial charge in [-0.15, -0.1) is 0 Å². The van der Waals surface area contributed by atoms with E-state index in [9.17, 15) is 4.79 Å². The second-order valence-corrected chi connectivity index (χ2v) is 4.91. The van der Waals surface area contributed by atoms with Crippen LogP contribution in [0.1, 0.15) is 17.7 Å². The van der Waals surface area contributed by atoms with Crippen molar-refractivity contribution in [3.8, 4) is 0 Å². The molecule has 1 amide bonds. The molecule has 0 aliphatic carbocycles. The molecule has 0 spiro atoms. The number of nitrogens with one attached hydrogen (secondary N) is 1. The van der Waals surface area contributed by atoms with Crippen LogP contribution >= 0.6 is 0 Å². The van der Waals surface area contributed by atoms with Crippen LogP contribution in [0.15, 0.2) is 36.4 Å². The maximum atomic E-state index is 12.0. The molecule has 2 aromatic rings. The zero-order valence-corrected chi connectivity index (χ0v) is 11.8. The number of benzene rings is 1. The van der Waals surface area contributed by atoms with E-state index in [2.05, 4.69) is 10.4 Å². The fourth-order valence-electron chi connectivity index (χ4n) is 2.04. The van der Waals surface area contributed by atoms with Gasteiger partial charge in [-0.1, -0.05) is 30.3 Å². The maximum Gasteiger partial charge on any atom is 0.242 e. The van der Waals surface area contributed by atoms with Crippen LogP contribution in [0.3, 0.4) is 0 Å². The molecule has 0 saturated carbocycles. The third kappa shape index (κ3) is 3.68. The van der Waals surface area contributed by atoms with Crippen molar-refractivity contribution in [2.75, 3.05) is 5.32 Å². The normalized spacial score (nSPS) is 12.2. The lowest BCUT2D eigenvalue weighted by Gasteiger charge is -2.12. The molecule has 0 aliphatic rings. The van der Waals surface area contributed by atoms with Crippen molar-refractivity contribution in [1.29, 1.82) is 0 Å². The van der Waals surface area contributed by atoms with E-state index in [0.717, 1.165) is 12.1 Å². The number of nitrogens with zero attached hydrogens (tertiary/aromatic N) is 2. The summed E-state index contributed by atoms with van der Waals surface area (Å²) in [5.74, 6) is 0.492. The third-order valence-electron chi connectivity index (χ3n) is 3.18. The molecule has 106 valence electrons. The average Bonchev–Trinajstić information content (AvgIpc) is 2.75. The Morgan fingerprint density at radius 2 is 2.10 bits per heavy atom. The van der Waals surface area contributed by atoms with Gasteiger partial charge in [0.05, 0.1) is 11.7 Å². The van der Waals surface area contributed by atoms with Gasteiger partial charge in [0.2, 0.25) is 5.91 Å². The molecule has 5 nitrogen and oxygen atoms in total. The molecular weight excluding hydrogens is 252 g/mol. The molecule has 1 heterocycles. The van der Waals surface area contributed by atoms with Gasteiger partial charge >= 0.3 is 0 Å². The quantitative estimate of drug-likeness (QED) is 0.869. The Bertz CT molecular complexity index is 577. The van der Waals surface area contributed by atoms with Crippen molar-refractivity contribution >= 4 is 11.7 Å². The topological polar surface area (TPSA) is 72.9 Å². The van der Waals surface area contributed by atoms with E-state index in [1.165, 1.54) is 5.56 Å². The standard InChI is InChI=1S/C15H20N4O/c1-11-10-14(19(2)18-11)17-15(20)13(16)9-8-12-6-4-3-5-7-12/h3-7,10,13H,8-9,16H2,1-2H3,(H,17,20)/t13-/m0/s1. The molecule has 0 saturated heterocycles. The fraction of sp³-hybridized carbons (Fsp3) is 0.333. The predicted octanol–water partition coefficient (Wildman–Crippen LogP) is 1.63. The molecule has 5 heteroatoms. The van der Waals surface area contributed by atoms with E-state index in [1.54, 1.807) is 11.7 Å². The Kier molecular flexibility index (Phi) is 4.53. The number of aromatic nitrogens is 2. The van der Waals surface area contributed by atoms with E-state index in [1.807, 2.05) is 43.3 Å². The first-order valence-electron chi connectivity index (χ1n) is 6.67. The van der Waals surface area contributed by atoms with Crippen molar-refractivity contribution in [3.63, 3.8) is 0 Å². The Hall–Kier alpha value is -2.14. The molecule has 1 atom stereocenters. The number of carbonyl (C=O) groups excluding carboxylic acids is 1. The zero-order chi connectivity index (χ0) is 14.5. The van der Waals surface area contributed by atoms with Gasteiger partial charge in [0, 0.05) is 13.1 Å². The Morgan fingerprint density at radius 1 is 1.40 bits per heavy atom. The second kappa shape index (κ2) is 6.34. The highest BCUT2D eigenvalue weighted by Crippen LogP contribution is 2.10. The van der Waals surface area contributed by atoms with Gasteiger partial charge in [0.15, 0.2) is 0 Å². The first kappa shape index (κ1) is 14.3. The van der Waals surface area contributed by atoms with Crippen LogP contribution < -0.4 is 11.1 Å². The third-order valence-corrected chi connectivity index (χ3v) is 3.18. The van der Waals surface area contributed by atoms with E-state index in [0.29, 0.717) is 12.2 Å². The Labute approximate surface area is 118 Å². The lowest BCUT2D eigenvalue weighted by Crippen LogP contribution is -2.36. The minimum absolute atomic E-state index is 0.177. The number of aryl methyl sites for hydroxylation is 3. The lowest BCUT2D eigenvalue weighted by molar-refractivity contribution is -0.117. The van der Waals surface area contributed by atoms with Crippen LogP contribution in [0.25, 0.3) is 0 Å². The summed E-state index contributed by atoms with van der Waals surface area (Å²) in [5.41, 5.74) is 7.98. The maximum absolute atomic E-state index is 12.0. The minimum atomic E-state index is -0.523. The van der Waals surface area contributed by atoms with Crippen molar-refractivity contribution in [2.45, 2.75) is 25.8 Å². The van der Waals surface area contributed by atoms with Crippen molar-refractivity contribution in [1.82, 2.24) is 9.78 Å². The second-order valence-electron chi connectivity index (χ2n) is 4.91. The Balaban J connectivity index is 1.87. The molecule has 0 bridgehead atoms. The summed E-state index contributed by atoms with van der Waals surface area (Å²) in [4.78, 5) is 12.0. The summed E-state index contributed by atoms with van der Waals surface area (Å²) in [6.45, 7) is 1.88. The number of rotatable bonds is 5. The monoisotopic (exact) mass is 272 g/mol. The average molecular weight is 272 g/mol. The van der Waals surface area contributed by atoms with Crippen molar-refractivity contribution in [3.05, 3.63) is 47.7 Å².